The van der Waals surface area contributed by atoms with Crippen LogP contribution < -0.4 is 33.1 Å². The second kappa shape index (κ2) is 28.7. The first-order chi connectivity index (χ1) is 10.4. The van der Waals surface area contributed by atoms with Gasteiger partial charge >= 0.3 is 0 Å². The summed E-state index contributed by atoms with van der Waals surface area (Å²) in [6.07, 6.45) is 16.3. The van der Waals surface area contributed by atoms with Gasteiger partial charge in [0.25, 0.3) is 0 Å². The SMILES string of the molecule is CCCCCCCCOCCCCCCCC.O=P([O-])([O-])[O-].[NH4+].[NH4+].[NH4+]. The Kier molecular flexibility index (Phi) is 41.3. The van der Waals surface area contributed by atoms with Crippen LogP contribution in [0.3, 0.4) is 0 Å². The van der Waals surface area contributed by atoms with Gasteiger partial charge in [-0.05, 0) is 12.8 Å². The first-order valence-corrected chi connectivity index (χ1v) is 10.2. The van der Waals surface area contributed by atoms with Crippen LogP contribution in [0.4, 0.5) is 0 Å². The topological polar surface area (TPSA) is 205 Å². The molecular weight excluding hydrogens is 345 g/mol. The molecular formula is C16H46N3O5P. The lowest BCUT2D eigenvalue weighted by atomic mass is 10.1. The summed E-state index contributed by atoms with van der Waals surface area (Å²) < 4.78 is 14.2. The molecule has 0 aliphatic rings. The number of hydrogen-bond donors (Lipinski definition) is 3. The van der Waals surface area contributed by atoms with Gasteiger partial charge in [0.15, 0.2) is 0 Å². The molecule has 0 radical (unpaired) electrons. The maximum Gasteiger partial charge on any atom is 0.0466 e. The Balaban J connectivity index is -0.000000147. The van der Waals surface area contributed by atoms with Crippen molar-refractivity contribution in [3.63, 3.8) is 0 Å². The lowest BCUT2D eigenvalue weighted by Gasteiger charge is -2.36. The Morgan fingerprint density at radius 3 is 1.12 bits per heavy atom. The van der Waals surface area contributed by atoms with Crippen LogP contribution in [-0.2, 0) is 9.30 Å². The van der Waals surface area contributed by atoms with Crippen LogP contribution in [0.2, 0.25) is 0 Å². The van der Waals surface area contributed by atoms with Crippen molar-refractivity contribution in [1.82, 2.24) is 18.5 Å². The average Bonchev–Trinajstić information content (AvgIpc) is 2.42. The zero-order valence-electron chi connectivity index (χ0n) is 17.4. The number of phosphoric acid groups is 1. The van der Waals surface area contributed by atoms with Crippen molar-refractivity contribution in [2.24, 2.45) is 0 Å². The molecule has 0 saturated carbocycles. The van der Waals surface area contributed by atoms with E-state index in [-0.39, 0.29) is 18.5 Å². The third-order valence-electron chi connectivity index (χ3n) is 3.28. The van der Waals surface area contributed by atoms with Crippen LogP contribution in [0.5, 0.6) is 0 Å². The maximum atomic E-state index is 8.55. The largest absolute Gasteiger partial charge is 0.822 e. The normalized spacial score (nSPS) is 9.80. The van der Waals surface area contributed by atoms with Gasteiger partial charge < -0.3 is 42.4 Å². The minimum Gasteiger partial charge on any atom is -0.822 e. The van der Waals surface area contributed by atoms with E-state index in [1.165, 1.54) is 77.0 Å². The molecule has 0 spiro atoms. The molecule has 0 aromatic heterocycles. The number of ether oxygens (including phenoxy) is 1. The second-order valence-corrected chi connectivity index (χ2v) is 6.49. The first-order valence-electron chi connectivity index (χ1n) is 8.72. The van der Waals surface area contributed by atoms with Crippen LogP contribution in [0, 0.1) is 0 Å². The van der Waals surface area contributed by atoms with Gasteiger partial charge in [-0.1, -0.05) is 78.1 Å². The number of unbranched alkanes of at least 4 members (excludes halogenated alkanes) is 10. The fourth-order valence-electron chi connectivity index (χ4n) is 2.07. The smallest absolute Gasteiger partial charge is 0.0466 e. The van der Waals surface area contributed by atoms with E-state index in [1.807, 2.05) is 0 Å². The van der Waals surface area contributed by atoms with Gasteiger partial charge in [-0.2, -0.15) is 7.82 Å². The van der Waals surface area contributed by atoms with Crippen molar-refractivity contribution in [3.05, 3.63) is 0 Å². The van der Waals surface area contributed by atoms with Crippen LogP contribution in [0.25, 0.3) is 0 Å². The molecule has 0 amide bonds. The van der Waals surface area contributed by atoms with E-state index in [0.29, 0.717) is 0 Å². The number of quaternary nitrogens is 3. The van der Waals surface area contributed by atoms with Crippen LogP contribution >= 0.6 is 7.82 Å². The average molecular weight is 392 g/mol. The molecule has 12 N–H and O–H groups in total. The minimum atomic E-state index is -5.39. The summed E-state index contributed by atoms with van der Waals surface area (Å²) in [5.74, 6) is 0. The predicted molar refractivity (Wildman–Crippen MR) is 103 cm³/mol. The van der Waals surface area contributed by atoms with Gasteiger partial charge in [0, 0.05) is 13.2 Å². The molecule has 0 aliphatic heterocycles. The molecule has 160 valence electrons. The van der Waals surface area contributed by atoms with Crippen molar-refractivity contribution in [2.45, 2.75) is 90.9 Å². The molecule has 0 atom stereocenters. The van der Waals surface area contributed by atoms with E-state index in [4.69, 9.17) is 24.0 Å². The van der Waals surface area contributed by atoms with Crippen LogP contribution in [-0.4, -0.2) is 13.2 Å². The van der Waals surface area contributed by atoms with Gasteiger partial charge in [-0.25, -0.2) is 0 Å². The second-order valence-electron chi connectivity index (χ2n) is 5.60. The maximum absolute atomic E-state index is 8.55. The minimum absolute atomic E-state index is 0. The molecule has 0 heterocycles. The van der Waals surface area contributed by atoms with Gasteiger partial charge in [0.2, 0.25) is 0 Å². The molecule has 0 bridgehead atoms. The highest BCUT2D eigenvalue weighted by molar-refractivity contribution is 7.40. The van der Waals surface area contributed by atoms with Crippen LogP contribution in [0.1, 0.15) is 90.9 Å². The molecule has 0 aliphatic carbocycles. The van der Waals surface area contributed by atoms with Crippen molar-refractivity contribution in [3.8, 4) is 0 Å². The number of hydrogen-bond acceptors (Lipinski definition) is 5. The van der Waals surface area contributed by atoms with Gasteiger partial charge in [0.1, 0.15) is 0 Å². The molecule has 25 heavy (non-hydrogen) atoms. The lowest BCUT2D eigenvalue weighted by Crippen LogP contribution is -2.24. The van der Waals surface area contributed by atoms with Crippen molar-refractivity contribution < 1.29 is 24.0 Å². The Labute approximate surface area is 155 Å². The van der Waals surface area contributed by atoms with E-state index < -0.39 is 7.82 Å². The molecule has 0 rings (SSSR count). The Hall–Kier alpha value is -0.0500. The highest BCUT2D eigenvalue weighted by atomic mass is 31.2. The molecule has 0 saturated heterocycles. The van der Waals surface area contributed by atoms with E-state index in [0.717, 1.165) is 13.2 Å². The van der Waals surface area contributed by atoms with Gasteiger partial charge in [0.05, 0.1) is 0 Å². The summed E-state index contributed by atoms with van der Waals surface area (Å²) in [5.41, 5.74) is 0. The summed E-state index contributed by atoms with van der Waals surface area (Å²) in [7, 11) is -5.39. The van der Waals surface area contributed by atoms with E-state index >= 15 is 0 Å². The standard InChI is InChI=1S/C16H34O.3H3N.H3O4P/c1-3-5-7-9-11-13-15-17-16-14-12-10-8-6-4-2;;;;1-5(2,3)4/h3-16H2,1-2H3;3*1H3;(H3,1,2,3,4). The summed E-state index contributed by atoms with van der Waals surface area (Å²) in [5, 5.41) is 0. The summed E-state index contributed by atoms with van der Waals surface area (Å²) in [6.45, 7) is 6.51. The van der Waals surface area contributed by atoms with E-state index in [1.54, 1.807) is 0 Å². The highest BCUT2D eigenvalue weighted by Gasteiger charge is 1.92. The zero-order chi connectivity index (χ0) is 17.1. The summed E-state index contributed by atoms with van der Waals surface area (Å²) >= 11 is 0. The first kappa shape index (κ1) is 36.0. The molecule has 0 aromatic carbocycles. The Bertz CT molecular complexity index is 234. The third-order valence-corrected chi connectivity index (χ3v) is 3.28. The molecule has 0 aromatic rings. The number of rotatable bonds is 14. The predicted octanol–water partition coefficient (Wildman–Crippen LogP) is 4.03. The van der Waals surface area contributed by atoms with E-state index in [2.05, 4.69) is 13.8 Å². The van der Waals surface area contributed by atoms with E-state index in [9.17, 15) is 0 Å². The third kappa shape index (κ3) is 59.3. The molecule has 9 heteroatoms. The summed E-state index contributed by atoms with van der Waals surface area (Å²) in [6, 6.07) is 0. The van der Waals surface area contributed by atoms with Crippen molar-refractivity contribution in [2.75, 3.05) is 13.2 Å². The van der Waals surface area contributed by atoms with Crippen molar-refractivity contribution >= 4 is 7.82 Å². The molecule has 8 nitrogen and oxygen atoms in total. The molecule has 0 fully saturated rings. The monoisotopic (exact) mass is 391 g/mol. The Morgan fingerprint density at radius 2 is 0.840 bits per heavy atom. The van der Waals surface area contributed by atoms with Gasteiger partial charge in [-0.15, -0.1) is 0 Å². The lowest BCUT2D eigenvalue weighted by molar-refractivity contribution is -0.432. The quantitative estimate of drug-likeness (QED) is 0.295. The zero-order valence-corrected chi connectivity index (χ0v) is 18.3. The fourth-order valence-corrected chi connectivity index (χ4v) is 2.07. The summed E-state index contributed by atoms with van der Waals surface area (Å²) in [4.78, 5) is 25.6. The van der Waals surface area contributed by atoms with Crippen molar-refractivity contribution in [1.29, 1.82) is 0 Å². The highest BCUT2D eigenvalue weighted by Crippen LogP contribution is 2.07. The van der Waals surface area contributed by atoms with Crippen LogP contribution in [0.15, 0.2) is 0 Å². The molecule has 0 unspecified atom stereocenters. The fraction of sp³-hybridized carbons (Fsp3) is 1.00. The Morgan fingerprint density at radius 1 is 0.600 bits per heavy atom. The van der Waals surface area contributed by atoms with Gasteiger partial charge in [-0.3, -0.25) is 0 Å².